The number of allylic oxidation sites excluding steroid dienone is 4. The van der Waals surface area contributed by atoms with Crippen molar-refractivity contribution in [1.29, 1.82) is 0 Å². The minimum Gasteiger partial charge on any atom is -0.481 e. The van der Waals surface area contributed by atoms with E-state index >= 15 is 0 Å². The molecule has 130 valence electrons. The van der Waals surface area contributed by atoms with Gasteiger partial charge in [0, 0.05) is 21.5 Å². The fourth-order valence-corrected chi connectivity index (χ4v) is 3.92. The third-order valence-electron chi connectivity index (χ3n) is 4.10. The Morgan fingerprint density at radius 2 is 2.24 bits per heavy atom. The predicted molar refractivity (Wildman–Crippen MR) is 103 cm³/mol. The topological polar surface area (TPSA) is 62.2 Å². The number of carbonyl (C=O) groups is 1. The zero-order chi connectivity index (χ0) is 18.0. The van der Waals surface area contributed by atoms with E-state index in [-0.39, 0.29) is 12.3 Å². The summed E-state index contributed by atoms with van der Waals surface area (Å²) in [5.41, 5.74) is 3.91. The number of halogens is 1. The van der Waals surface area contributed by atoms with Crippen molar-refractivity contribution in [2.24, 2.45) is 0 Å². The van der Waals surface area contributed by atoms with Gasteiger partial charge in [-0.2, -0.15) is 0 Å². The molecule has 1 aromatic carbocycles. The van der Waals surface area contributed by atoms with Crippen LogP contribution >= 0.6 is 22.9 Å². The van der Waals surface area contributed by atoms with Gasteiger partial charge in [0.1, 0.15) is 0 Å². The van der Waals surface area contributed by atoms with E-state index in [0.29, 0.717) is 10.2 Å². The molecule has 0 bridgehead atoms. The first-order valence-corrected chi connectivity index (χ1v) is 9.21. The molecule has 0 saturated carbocycles. The van der Waals surface area contributed by atoms with E-state index in [9.17, 15) is 9.90 Å². The molecule has 1 aliphatic carbocycles. The number of carboxylic acid groups (broad SMARTS) is 1. The van der Waals surface area contributed by atoms with E-state index in [1.54, 1.807) is 0 Å². The van der Waals surface area contributed by atoms with E-state index in [0.717, 1.165) is 28.2 Å². The fourth-order valence-electron chi connectivity index (χ4n) is 2.69. The summed E-state index contributed by atoms with van der Waals surface area (Å²) in [6.45, 7) is 4.00. The van der Waals surface area contributed by atoms with E-state index in [4.69, 9.17) is 11.6 Å². The van der Waals surface area contributed by atoms with Gasteiger partial charge in [0.15, 0.2) is 5.13 Å². The fraction of sp³-hybridized carbons (Fsp3) is 0.263. The minimum atomic E-state index is -0.846. The van der Waals surface area contributed by atoms with Gasteiger partial charge in [-0.1, -0.05) is 41.5 Å². The summed E-state index contributed by atoms with van der Waals surface area (Å²) >= 11 is 7.56. The number of rotatable bonds is 5. The summed E-state index contributed by atoms with van der Waals surface area (Å²) in [5.74, 6) is -0.729. The summed E-state index contributed by atoms with van der Waals surface area (Å²) < 4.78 is 0. The number of anilines is 2. The third kappa shape index (κ3) is 4.30. The summed E-state index contributed by atoms with van der Waals surface area (Å²) in [7, 11) is 0. The Bertz CT molecular complexity index is 870. The van der Waals surface area contributed by atoms with Crippen molar-refractivity contribution in [3.05, 3.63) is 63.2 Å². The number of carboxylic acids is 1. The Labute approximate surface area is 155 Å². The summed E-state index contributed by atoms with van der Waals surface area (Å²) in [6.07, 6.45) is 7.14. The summed E-state index contributed by atoms with van der Waals surface area (Å²) in [6, 6.07) is 5.72. The molecule has 1 aromatic heterocycles. The van der Waals surface area contributed by atoms with Crippen LogP contribution in [-0.2, 0) is 11.2 Å². The molecular formula is C19H19ClN2O2S. The van der Waals surface area contributed by atoms with E-state index in [1.165, 1.54) is 16.9 Å². The Morgan fingerprint density at radius 1 is 1.44 bits per heavy atom. The van der Waals surface area contributed by atoms with Crippen LogP contribution in [0.25, 0.3) is 0 Å². The first-order chi connectivity index (χ1) is 11.9. The van der Waals surface area contributed by atoms with Gasteiger partial charge >= 0.3 is 5.97 Å². The van der Waals surface area contributed by atoms with Crippen LogP contribution in [0.2, 0.25) is 5.02 Å². The smallest absolute Gasteiger partial charge is 0.308 e. The molecule has 25 heavy (non-hydrogen) atoms. The highest BCUT2D eigenvalue weighted by Crippen LogP contribution is 2.35. The SMILES string of the molecule is CC1=CCC(c2nc(Nc3ccc(C)c(Cl)c3)sc2CC(=O)O)C=C1. The second kappa shape index (κ2) is 7.42. The quantitative estimate of drug-likeness (QED) is 0.728. The van der Waals surface area contributed by atoms with Gasteiger partial charge in [-0.05, 0) is 38.0 Å². The molecule has 0 spiro atoms. The second-order valence-corrected chi connectivity index (χ2v) is 7.63. The lowest BCUT2D eigenvalue weighted by Crippen LogP contribution is -2.05. The summed E-state index contributed by atoms with van der Waals surface area (Å²) in [4.78, 5) is 16.7. The lowest BCUT2D eigenvalue weighted by molar-refractivity contribution is -0.136. The Balaban J connectivity index is 1.88. The molecule has 1 atom stereocenters. The van der Waals surface area contributed by atoms with Gasteiger partial charge in [0.25, 0.3) is 0 Å². The van der Waals surface area contributed by atoms with Crippen molar-refractivity contribution in [2.75, 3.05) is 5.32 Å². The zero-order valence-corrected chi connectivity index (χ0v) is 15.6. The zero-order valence-electron chi connectivity index (χ0n) is 14.0. The van der Waals surface area contributed by atoms with E-state index < -0.39 is 5.97 Å². The molecular weight excluding hydrogens is 356 g/mol. The average Bonchev–Trinajstić information content (AvgIpc) is 2.93. The minimum absolute atomic E-state index is 0.0175. The van der Waals surface area contributed by atoms with Crippen molar-refractivity contribution in [3.63, 3.8) is 0 Å². The van der Waals surface area contributed by atoms with Crippen molar-refractivity contribution >= 4 is 39.7 Å². The maximum atomic E-state index is 11.2. The molecule has 2 aromatic rings. The molecule has 0 amide bonds. The van der Waals surface area contributed by atoms with Gasteiger partial charge in [-0.15, -0.1) is 11.3 Å². The van der Waals surface area contributed by atoms with Crippen LogP contribution in [0.15, 0.2) is 42.0 Å². The lowest BCUT2D eigenvalue weighted by atomic mass is 9.93. The highest BCUT2D eigenvalue weighted by molar-refractivity contribution is 7.15. The van der Waals surface area contributed by atoms with Crippen molar-refractivity contribution in [2.45, 2.75) is 32.6 Å². The van der Waals surface area contributed by atoms with Crippen LogP contribution in [0.1, 0.15) is 35.4 Å². The third-order valence-corrected chi connectivity index (χ3v) is 5.49. The molecule has 3 rings (SSSR count). The normalized spacial score (nSPS) is 16.6. The standard InChI is InChI=1S/C19H19ClN2O2S/c1-11-3-6-13(7-4-11)18-16(10-17(23)24)25-19(22-18)21-14-8-5-12(2)15(20)9-14/h3-6,8-9,13H,7,10H2,1-2H3,(H,21,22)(H,23,24). The molecule has 2 N–H and O–H groups in total. The largest absolute Gasteiger partial charge is 0.481 e. The average molecular weight is 375 g/mol. The Hall–Kier alpha value is -2.11. The molecule has 6 heteroatoms. The molecule has 1 heterocycles. The highest BCUT2D eigenvalue weighted by atomic mass is 35.5. The Morgan fingerprint density at radius 3 is 2.88 bits per heavy atom. The summed E-state index contributed by atoms with van der Waals surface area (Å²) in [5, 5.41) is 13.8. The van der Waals surface area contributed by atoms with Crippen molar-refractivity contribution in [1.82, 2.24) is 4.98 Å². The number of hydrogen-bond acceptors (Lipinski definition) is 4. The molecule has 0 fully saturated rings. The molecule has 4 nitrogen and oxygen atoms in total. The van der Waals surface area contributed by atoms with Gasteiger partial charge in [0.05, 0.1) is 12.1 Å². The lowest BCUT2D eigenvalue weighted by Gasteiger charge is -2.14. The first-order valence-electron chi connectivity index (χ1n) is 8.02. The van der Waals surface area contributed by atoms with Gasteiger partial charge in [-0.3, -0.25) is 4.79 Å². The molecule has 0 aliphatic heterocycles. The van der Waals surface area contributed by atoms with Crippen LogP contribution in [0.5, 0.6) is 0 Å². The van der Waals surface area contributed by atoms with Gasteiger partial charge in [0.2, 0.25) is 0 Å². The molecule has 0 saturated heterocycles. The number of hydrogen-bond donors (Lipinski definition) is 2. The molecule has 0 radical (unpaired) electrons. The van der Waals surface area contributed by atoms with Gasteiger partial charge < -0.3 is 10.4 Å². The van der Waals surface area contributed by atoms with Crippen LogP contribution in [0.3, 0.4) is 0 Å². The maximum absolute atomic E-state index is 11.2. The highest BCUT2D eigenvalue weighted by Gasteiger charge is 2.21. The van der Waals surface area contributed by atoms with Crippen LogP contribution in [0.4, 0.5) is 10.8 Å². The Kier molecular flexibility index (Phi) is 5.25. The number of nitrogens with zero attached hydrogens (tertiary/aromatic N) is 1. The second-order valence-electron chi connectivity index (χ2n) is 6.14. The molecule has 1 aliphatic rings. The van der Waals surface area contributed by atoms with Crippen LogP contribution in [-0.4, -0.2) is 16.1 Å². The number of aliphatic carboxylic acids is 1. The maximum Gasteiger partial charge on any atom is 0.308 e. The van der Waals surface area contributed by atoms with Crippen LogP contribution < -0.4 is 5.32 Å². The van der Waals surface area contributed by atoms with Gasteiger partial charge in [-0.25, -0.2) is 4.98 Å². The number of nitrogens with one attached hydrogen (secondary N) is 1. The van der Waals surface area contributed by atoms with E-state index in [2.05, 4.69) is 35.5 Å². The van der Waals surface area contributed by atoms with Crippen molar-refractivity contribution < 1.29 is 9.90 Å². The first kappa shape index (κ1) is 17.7. The number of aryl methyl sites for hydroxylation is 1. The number of thiazole rings is 1. The van der Waals surface area contributed by atoms with Crippen molar-refractivity contribution in [3.8, 4) is 0 Å². The number of aromatic nitrogens is 1. The van der Waals surface area contributed by atoms with Crippen LogP contribution in [0, 0.1) is 6.92 Å². The molecule has 1 unspecified atom stereocenters. The number of benzene rings is 1. The monoisotopic (exact) mass is 374 g/mol. The predicted octanol–water partition coefficient (Wildman–Crippen LogP) is 5.47. The van der Waals surface area contributed by atoms with E-state index in [1.807, 2.05) is 25.1 Å².